The molecule has 1 aromatic heterocycles. The molecule has 0 aliphatic carbocycles. The maximum Gasteiger partial charge on any atom is 0.266 e. The molecule has 0 saturated carbocycles. The largest absolute Gasteiger partial charge is 0.493 e. The minimum Gasteiger partial charge on any atom is -0.493 e. The van der Waals surface area contributed by atoms with Gasteiger partial charge in [0.05, 0.1) is 26.5 Å². The Morgan fingerprint density at radius 1 is 1.05 bits per heavy atom. The minimum absolute atomic E-state index is 0.0488. The van der Waals surface area contributed by atoms with E-state index in [0.717, 1.165) is 22.3 Å². The predicted octanol–water partition coefficient (Wildman–Crippen LogP) is 6.43. The fourth-order valence-corrected chi connectivity index (χ4v) is 4.19. The maximum absolute atomic E-state index is 13.0. The van der Waals surface area contributed by atoms with E-state index >= 15 is 0 Å². The Bertz CT molecular complexity index is 1570. The summed E-state index contributed by atoms with van der Waals surface area (Å²) in [5.74, 6) is 0.617. The summed E-state index contributed by atoms with van der Waals surface area (Å²) in [6.45, 7) is 4.42. The van der Waals surface area contributed by atoms with Crippen molar-refractivity contribution in [2.45, 2.75) is 20.4 Å². The van der Waals surface area contributed by atoms with Crippen LogP contribution in [0.5, 0.6) is 11.5 Å². The molecule has 38 heavy (non-hydrogen) atoms. The highest BCUT2D eigenvalue weighted by molar-refractivity contribution is 6.30. The lowest BCUT2D eigenvalue weighted by molar-refractivity contribution is -0.112. The van der Waals surface area contributed by atoms with Gasteiger partial charge in [0.1, 0.15) is 11.6 Å². The van der Waals surface area contributed by atoms with Crippen LogP contribution in [-0.2, 0) is 11.3 Å². The number of hydrogen-bond donors (Lipinski definition) is 1. The molecule has 3 aromatic carbocycles. The van der Waals surface area contributed by atoms with Gasteiger partial charge in [-0.05, 0) is 79.1 Å². The first-order chi connectivity index (χ1) is 18.3. The van der Waals surface area contributed by atoms with Gasteiger partial charge in [-0.1, -0.05) is 29.8 Å². The summed E-state index contributed by atoms with van der Waals surface area (Å²) in [5.41, 5.74) is 5.62. The van der Waals surface area contributed by atoms with E-state index in [2.05, 4.69) is 5.32 Å². The van der Waals surface area contributed by atoms with Crippen molar-refractivity contribution < 1.29 is 14.3 Å². The van der Waals surface area contributed by atoms with Crippen LogP contribution in [0.25, 0.3) is 17.3 Å². The normalized spacial score (nSPS) is 11.1. The van der Waals surface area contributed by atoms with Crippen molar-refractivity contribution >= 4 is 29.3 Å². The van der Waals surface area contributed by atoms with Gasteiger partial charge in [-0.2, -0.15) is 10.4 Å². The Hall–Kier alpha value is -4.54. The number of hydrogen-bond acceptors (Lipinski definition) is 5. The number of nitriles is 1. The van der Waals surface area contributed by atoms with Crippen LogP contribution in [0.1, 0.15) is 22.3 Å². The third-order valence-corrected chi connectivity index (χ3v) is 6.35. The van der Waals surface area contributed by atoms with E-state index in [4.69, 9.17) is 26.2 Å². The van der Waals surface area contributed by atoms with E-state index in [9.17, 15) is 10.1 Å². The third-order valence-electron chi connectivity index (χ3n) is 6.11. The molecule has 4 aromatic rings. The van der Waals surface area contributed by atoms with E-state index in [1.807, 2.05) is 74.5 Å². The van der Waals surface area contributed by atoms with Crippen molar-refractivity contribution in [1.82, 2.24) is 9.78 Å². The first-order valence-corrected chi connectivity index (χ1v) is 12.2. The number of benzene rings is 3. The van der Waals surface area contributed by atoms with Gasteiger partial charge in [-0.25, -0.2) is 0 Å². The van der Waals surface area contributed by atoms with Crippen LogP contribution < -0.4 is 14.8 Å². The molecule has 192 valence electrons. The van der Waals surface area contributed by atoms with Crippen LogP contribution in [-0.4, -0.2) is 29.9 Å². The number of anilines is 1. The van der Waals surface area contributed by atoms with E-state index < -0.39 is 5.91 Å². The molecule has 8 heteroatoms. The van der Waals surface area contributed by atoms with Gasteiger partial charge in [-0.3, -0.25) is 9.48 Å². The number of carbonyl (C=O) groups excluding carboxylic acids is 1. The minimum atomic E-state index is -0.503. The quantitative estimate of drug-likeness (QED) is 0.211. The Kier molecular flexibility index (Phi) is 8.15. The van der Waals surface area contributed by atoms with Gasteiger partial charge in [0.15, 0.2) is 11.5 Å². The number of methoxy groups -OCH3 is 2. The number of carbonyl (C=O) groups is 1. The predicted molar refractivity (Wildman–Crippen MR) is 149 cm³/mol. The van der Waals surface area contributed by atoms with Gasteiger partial charge in [0.2, 0.25) is 0 Å². The van der Waals surface area contributed by atoms with Crippen molar-refractivity contribution in [3.8, 4) is 28.8 Å². The second-order valence-electron chi connectivity index (χ2n) is 8.75. The fraction of sp³-hybridized carbons (Fsp3) is 0.167. The molecule has 0 saturated heterocycles. The Morgan fingerprint density at radius 2 is 1.84 bits per heavy atom. The van der Waals surface area contributed by atoms with Crippen LogP contribution in [0.3, 0.4) is 0 Å². The van der Waals surface area contributed by atoms with E-state index in [1.165, 1.54) is 0 Å². The fourth-order valence-electron chi connectivity index (χ4n) is 3.98. The average Bonchev–Trinajstić information content (AvgIpc) is 3.30. The van der Waals surface area contributed by atoms with Crippen molar-refractivity contribution in [2.24, 2.45) is 0 Å². The Balaban J connectivity index is 1.75. The summed E-state index contributed by atoms with van der Waals surface area (Å²) < 4.78 is 12.6. The smallest absolute Gasteiger partial charge is 0.266 e. The van der Waals surface area contributed by atoms with Crippen LogP contribution in [0.15, 0.2) is 72.4 Å². The summed E-state index contributed by atoms with van der Waals surface area (Å²) in [6, 6.07) is 20.6. The third kappa shape index (κ3) is 6.05. The number of halogens is 1. The highest BCUT2D eigenvalue weighted by atomic mass is 35.5. The number of amides is 1. The van der Waals surface area contributed by atoms with Gasteiger partial charge >= 0.3 is 0 Å². The molecule has 0 unspecified atom stereocenters. The molecule has 0 aliphatic rings. The molecule has 4 rings (SSSR count). The molecule has 1 amide bonds. The lowest BCUT2D eigenvalue weighted by Crippen LogP contribution is -2.13. The average molecular weight is 527 g/mol. The lowest BCUT2D eigenvalue weighted by Gasteiger charge is -2.09. The van der Waals surface area contributed by atoms with Crippen LogP contribution in [0, 0.1) is 25.2 Å². The zero-order valence-electron chi connectivity index (χ0n) is 21.6. The molecule has 0 aliphatic heterocycles. The van der Waals surface area contributed by atoms with E-state index in [0.29, 0.717) is 40.0 Å². The number of aromatic nitrogens is 2. The molecule has 7 nitrogen and oxygen atoms in total. The molecular weight excluding hydrogens is 500 g/mol. The number of aryl methyl sites for hydroxylation is 2. The molecule has 0 bridgehead atoms. The molecule has 0 spiro atoms. The van der Waals surface area contributed by atoms with Gasteiger partial charge in [0, 0.05) is 28.0 Å². The van der Waals surface area contributed by atoms with Gasteiger partial charge in [0.25, 0.3) is 5.91 Å². The summed E-state index contributed by atoms with van der Waals surface area (Å²) in [6.07, 6.45) is 3.34. The second kappa shape index (κ2) is 11.7. The Labute approximate surface area is 226 Å². The highest BCUT2D eigenvalue weighted by Gasteiger charge is 2.17. The molecular formula is C30H27ClN4O3. The molecule has 0 radical (unpaired) electrons. The number of ether oxygens (including phenoxy) is 2. The molecule has 0 fully saturated rings. The van der Waals surface area contributed by atoms with Crippen LogP contribution >= 0.6 is 11.6 Å². The number of rotatable bonds is 8. The van der Waals surface area contributed by atoms with Crippen molar-refractivity contribution in [3.63, 3.8) is 0 Å². The van der Waals surface area contributed by atoms with Crippen LogP contribution in [0.2, 0.25) is 5.02 Å². The first kappa shape index (κ1) is 26.5. The number of nitrogens with one attached hydrogen (secondary N) is 1. The summed E-state index contributed by atoms with van der Waals surface area (Å²) in [5, 5.41) is 18.1. The number of nitrogens with zero attached hydrogens (tertiary/aromatic N) is 3. The molecule has 0 atom stereocenters. The van der Waals surface area contributed by atoms with Gasteiger partial charge in [-0.15, -0.1) is 0 Å². The maximum atomic E-state index is 13.0. The monoisotopic (exact) mass is 526 g/mol. The van der Waals surface area contributed by atoms with Crippen molar-refractivity contribution in [2.75, 3.05) is 19.5 Å². The molecule has 1 heterocycles. The van der Waals surface area contributed by atoms with Crippen LogP contribution in [0.4, 0.5) is 5.69 Å². The topological polar surface area (TPSA) is 89.2 Å². The zero-order valence-corrected chi connectivity index (χ0v) is 22.3. The van der Waals surface area contributed by atoms with E-state index in [-0.39, 0.29) is 5.57 Å². The second-order valence-corrected chi connectivity index (χ2v) is 9.19. The Morgan fingerprint density at radius 3 is 2.53 bits per heavy atom. The summed E-state index contributed by atoms with van der Waals surface area (Å²) in [7, 11) is 3.13. The summed E-state index contributed by atoms with van der Waals surface area (Å²) in [4.78, 5) is 13.0. The van der Waals surface area contributed by atoms with E-state index in [1.54, 1.807) is 37.2 Å². The van der Waals surface area contributed by atoms with Crippen molar-refractivity contribution in [1.29, 1.82) is 5.26 Å². The highest BCUT2D eigenvalue weighted by Crippen LogP contribution is 2.34. The lowest BCUT2D eigenvalue weighted by atomic mass is 10.0. The zero-order chi connectivity index (χ0) is 27.2. The van der Waals surface area contributed by atoms with Gasteiger partial charge < -0.3 is 14.8 Å². The summed E-state index contributed by atoms with van der Waals surface area (Å²) >= 11 is 6.17. The first-order valence-electron chi connectivity index (χ1n) is 11.9. The molecule has 1 N–H and O–H groups in total. The standard InChI is InChI=1S/C30H27ClN4O3/c1-19-8-10-26(12-20(19)2)33-30(36)23(16-32)14-24-18-35(17-21-6-5-7-25(31)13-21)34-29(24)22-9-11-27(37-3)28(15-22)38-4/h5-15,18H,17H2,1-4H3,(H,33,36). The van der Waals surface area contributed by atoms with Crippen molar-refractivity contribution in [3.05, 3.63) is 99.7 Å². The SMILES string of the molecule is COc1ccc(-c2nn(Cc3cccc(Cl)c3)cc2C=C(C#N)C(=O)Nc2ccc(C)c(C)c2)cc1OC.